The first-order valence-corrected chi connectivity index (χ1v) is 7.58. The average Bonchev–Trinajstić information content (AvgIpc) is 2.97. The van der Waals surface area contributed by atoms with E-state index in [4.69, 9.17) is 0 Å². The Balaban J connectivity index is 2.06. The van der Waals surface area contributed by atoms with E-state index < -0.39 is 0 Å². The minimum atomic E-state index is -0.281. The second kappa shape index (κ2) is 6.15. The number of aliphatic hydroxyl groups is 1. The molecule has 3 aromatic rings. The van der Waals surface area contributed by atoms with Crippen molar-refractivity contribution in [1.82, 2.24) is 4.57 Å². The van der Waals surface area contributed by atoms with E-state index in [-0.39, 0.29) is 12.1 Å². The fraction of sp³-hybridized carbons (Fsp3) is 0.263. The Morgan fingerprint density at radius 1 is 0.952 bits per heavy atom. The van der Waals surface area contributed by atoms with Gasteiger partial charge in [-0.05, 0) is 35.9 Å². The molecule has 1 N–H and O–H groups in total. The van der Waals surface area contributed by atoms with Gasteiger partial charge in [-0.1, -0.05) is 55.5 Å². The molecule has 0 bridgehead atoms. The number of nitrogens with zero attached hydrogens (tertiary/aromatic N) is 1. The van der Waals surface area contributed by atoms with Gasteiger partial charge in [-0.2, -0.15) is 0 Å². The highest BCUT2D eigenvalue weighted by molar-refractivity contribution is 5.80. The molecule has 0 aliphatic heterocycles. The summed E-state index contributed by atoms with van der Waals surface area (Å²) in [6, 6.07) is 21.1. The molecule has 0 fully saturated rings. The lowest BCUT2D eigenvalue weighted by molar-refractivity contribution is 0.147. The standard InChI is InChI=1S/C19H21NO/c1-2-17(21)14-19(15-8-4-3-5-9-15)20-13-12-16-10-6-7-11-18(16)20/h3-13,17,19,21H,2,14H2,1H3. The number of hydrogen-bond donors (Lipinski definition) is 1. The molecular formula is C19H21NO. The highest BCUT2D eigenvalue weighted by atomic mass is 16.3. The zero-order valence-corrected chi connectivity index (χ0v) is 12.3. The maximum absolute atomic E-state index is 10.1. The van der Waals surface area contributed by atoms with Gasteiger partial charge in [-0.25, -0.2) is 0 Å². The minimum absolute atomic E-state index is 0.168. The Morgan fingerprint density at radius 3 is 2.43 bits per heavy atom. The van der Waals surface area contributed by atoms with E-state index in [2.05, 4.69) is 65.4 Å². The summed E-state index contributed by atoms with van der Waals surface area (Å²) in [6.07, 6.45) is 3.36. The third-order valence-corrected chi connectivity index (χ3v) is 4.12. The molecule has 21 heavy (non-hydrogen) atoms. The SMILES string of the molecule is CCC(O)CC(c1ccccc1)n1ccc2ccccc21. The Labute approximate surface area is 125 Å². The Bertz CT molecular complexity index is 702. The van der Waals surface area contributed by atoms with Crippen molar-refractivity contribution in [3.05, 3.63) is 72.4 Å². The predicted octanol–water partition coefficient (Wildman–Crippen LogP) is 4.39. The molecule has 2 nitrogen and oxygen atoms in total. The zero-order chi connectivity index (χ0) is 14.7. The summed E-state index contributed by atoms with van der Waals surface area (Å²) in [6.45, 7) is 2.03. The van der Waals surface area contributed by atoms with Gasteiger partial charge >= 0.3 is 0 Å². The van der Waals surface area contributed by atoms with E-state index in [9.17, 15) is 5.11 Å². The van der Waals surface area contributed by atoms with Gasteiger partial charge in [0, 0.05) is 11.7 Å². The van der Waals surface area contributed by atoms with Crippen LogP contribution in [0.5, 0.6) is 0 Å². The van der Waals surface area contributed by atoms with Crippen molar-refractivity contribution >= 4 is 10.9 Å². The first-order valence-electron chi connectivity index (χ1n) is 7.58. The Kier molecular flexibility index (Phi) is 4.07. The third kappa shape index (κ3) is 2.86. The van der Waals surface area contributed by atoms with Crippen LogP contribution in [0, 0.1) is 0 Å². The van der Waals surface area contributed by atoms with Crippen molar-refractivity contribution < 1.29 is 5.11 Å². The summed E-state index contributed by atoms with van der Waals surface area (Å²) in [5.74, 6) is 0. The van der Waals surface area contributed by atoms with E-state index >= 15 is 0 Å². The Morgan fingerprint density at radius 2 is 1.67 bits per heavy atom. The molecule has 0 aliphatic carbocycles. The van der Waals surface area contributed by atoms with Crippen LogP contribution in [-0.2, 0) is 0 Å². The molecule has 0 radical (unpaired) electrons. The van der Waals surface area contributed by atoms with E-state index in [1.165, 1.54) is 16.5 Å². The van der Waals surface area contributed by atoms with Crippen LogP contribution in [0.15, 0.2) is 66.9 Å². The maximum atomic E-state index is 10.1. The summed E-state index contributed by atoms with van der Waals surface area (Å²) in [5.41, 5.74) is 2.46. The summed E-state index contributed by atoms with van der Waals surface area (Å²) in [4.78, 5) is 0. The van der Waals surface area contributed by atoms with E-state index in [0.29, 0.717) is 0 Å². The molecule has 2 unspecified atom stereocenters. The van der Waals surface area contributed by atoms with Crippen LogP contribution in [0.25, 0.3) is 10.9 Å². The number of aromatic nitrogens is 1. The second-order valence-corrected chi connectivity index (χ2v) is 5.51. The van der Waals surface area contributed by atoms with Crippen LogP contribution in [0.3, 0.4) is 0 Å². The molecule has 2 atom stereocenters. The van der Waals surface area contributed by atoms with Crippen LogP contribution >= 0.6 is 0 Å². The lowest BCUT2D eigenvalue weighted by atomic mass is 9.99. The van der Waals surface area contributed by atoms with Crippen molar-refractivity contribution in [3.63, 3.8) is 0 Å². The molecule has 1 aromatic heterocycles. The van der Waals surface area contributed by atoms with Gasteiger partial charge in [-0.15, -0.1) is 0 Å². The lowest BCUT2D eigenvalue weighted by Gasteiger charge is -2.23. The van der Waals surface area contributed by atoms with Crippen LogP contribution in [0.4, 0.5) is 0 Å². The fourth-order valence-electron chi connectivity index (χ4n) is 2.89. The van der Waals surface area contributed by atoms with Crippen molar-refractivity contribution in [1.29, 1.82) is 0 Å². The highest BCUT2D eigenvalue weighted by Crippen LogP contribution is 2.29. The largest absolute Gasteiger partial charge is 0.393 e. The van der Waals surface area contributed by atoms with Gasteiger partial charge in [0.15, 0.2) is 0 Å². The topological polar surface area (TPSA) is 25.2 Å². The van der Waals surface area contributed by atoms with Crippen LogP contribution in [0.1, 0.15) is 31.4 Å². The number of para-hydroxylation sites is 1. The first-order chi connectivity index (χ1) is 10.3. The van der Waals surface area contributed by atoms with Gasteiger partial charge < -0.3 is 9.67 Å². The molecule has 1 heterocycles. The molecule has 108 valence electrons. The van der Waals surface area contributed by atoms with E-state index in [1.54, 1.807) is 0 Å². The van der Waals surface area contributed by atoms with Gasteiger partial charge in [-0.3, -0.25) is 0 Å². The quantitative estimate of drug-likeness (QED) is 0.736. The third-order valence-electron chi connectivity index (χ3n) is 4.12. The molecule has 0 saturated carbocycles. The smallest absolute Gasteiger partial charge is 0.0610 e. The van der Waals surface area contributed by atoms with Gasteiger partial charge in [0.25, 0.3) is 0 Å². The molecule has 0 aliphatic rings. The monoisotopic (exact) mass is 279 g/mol. The summed E-state index contributed by atoms with van der Waals surface area (Å²) in [7, 11) is 0. The molecular weight excluding hydrogens is 258 g/mol. The number of benzene rings is 2. The molecule has 0 saturated heterocycles. The first kappa shape index (κ1) is 13.9. The van der Waals surface area contributed by atoms with Gasteiger partial charge in [0.05, 0.1) is 12.1 Å². The lowest BCUT2D eigenvalue weighted by Crippen LogP contribution is -2.17. The summed E-state index contributed by atoms with van der Waals surface area (Å²) in [5, 5.41) is 11.4. The summed E-state index contributed by atoms with van der Waals surface area (Å²) >= 11 is 0. The van der Waals surface area contributed by atoms with Gasteiger partial charge in [0.2, 0.25) is 0 Å². The van der Waals surface area contributed by atoms with Crippen molar-refractivity contribution in [2.45, 2.75) is 31.9 Å². The Hall–Kier alpha value is -2.06. The molecule has 2 aromatic carbocycles. The number of hydrogen-bond acceptors (Lipinski definition) is 1. The fourth-order valence-corrected chi connectivity index (χ4v) is 2.89. The minimum Gasteiger partial charge on any atom is -0.393 e. The summed E-state index contributed by atoms with van der Waals surface area (Å²) < 4.78 is 2.28. The van der Waals surface area contributed by atoms with E-state index in [0.717, 1.165) is 12.8 Å². The predicted molar refractivity (Wildman–Crippen MR) is 87.4 cm³/mol. The van der Waals surface area contributed by atoms with Crippen LogP contribution in [-0.4, -0.2) is 15.8 Å². The average molecular weight is 279 g/mol. The van der Waals surface area contributed by atoms with Crippen LogP contribution < -0.4 is 0 Å². The van der Waals surface area contributed by atoms with E-state index in [1.807, 2.05) is 13.0 Å². The zero-order valence-electron chi connectivity index (χ0n) is 12.3. The number of fused-ring (bicyclic) bond motifs is 1. The van der Waals surface area contributed by atoms with Crippen molar-refractivity contribution in [2.24, 2.45) is 0 Å². The molecule has 0 amide bonds. The second-order valence-electron chi connectivity index (χ2n) is 5.51. The molecule has 2 heteroatoms. The van der Waals surface area contributed by atoms with Gasteiger partial charge in [0.1, 0.15) is 0 Å². The molecule has 0 spiro atoms. The van der Waals surface area contributed by atoms with Crippen molar-refractivity contribution in [3.8, 4) is 0 Å². The van der Waals surface area contributed by atoms with Crippen LogP contribution in [0.2, 0.25) is 0 Å². The normalized spacial score (nSPS) is 14.2. The number of rotatable bonds is 5. The highest BCUT2D eigenvalue weighted by Gasteiger charge is 2.18. The molecule has 3 rings (SSSR count). The van der Waals surface area contributed by atoms with Crippen molar-refractivity contribution in [2.75, 3.05) is 0 Å². The number of aliphatic hydroxyl groups excluding tert-OH is 1. The maximum Gasteiger partial charge on any atom is 0.0610 e.